The zero-order valence-electron chi connectivity index (χ0n) is 9.67. The van der Waals surface area contributed by atoms with Crippen molar-refractivity contribution in [2.75, 3.05) is 7.11 Å². The van der Waals surface area contributed by atoms with Crippen LogP contribution < -0.4 is 4.74 Å². The number of ether oxygens (including phenoxy) is 2. The summed E-state index contributed by atoms with van der Waals surface area (Å²) >= 11 is 0. The van der Waals surface area contributed by atoms with E-state index in [0.717, 1.165) is 0 Å². The molecule has 1 heterocycles. The third-order valence-corrected chi connectivity index (χ3v) is 2.11. The average Bonchev–Trinajstić information content (AvgIpc) is 2.87. The summed E-state index contributed by atoms with van der Waals surface area (Å²) < 4.78 is 37.6. The molecule has 0 fully saturated rings. The molecule has 0 N–H and O–H groups in total. The number of alkyl halides is 2. The molecule has 0 atom stereocenters. The van der Waals surface area contributed by atoms with Gasteiger partial charge in [-0.2, -0.15) is 8.78 Å². The number of hydrogen-bond donors (Lipinski definition) is 0. The van der Waals surface area contributed by atoms with Crippen LogP contribution in [-0.4, -0.2) is 29.9 Å². The van der Waals surface area contributed by atoms with Crippen LogP contribution in [0.2, 0.25) is 0 Å². The Labute approximate surface area is 106 Å². The minimum atomic E-state index is -2.89. The summed E-state index contributed by atoms with van der Waals surface area (Å²) in [5, 5.41) is 7.13. The zero-order chi connectivity index (χ0) is 13.8. The zero-order valence-corrected chi connectivity index (χ0v) is 9.67. The van der Waals surface area contributed by atoms with E-state index in [0.29, 0.717) is 5.56 Å². The summed E-state index contributed by atoms with van der Waals surface area (Å²) in [7, 11) is 1.18. The highest BCUT2D eigenvalue weighted by atomic mass is 19.3. The largest absolute Gasteiger partial charge is 0.462 e. The number of hydrogen-bond acceptors (Lipinski definition) is 6. The van der Waals surface area contributed by atoms with Crippen molar-refractivity contribution in [1.82, 2.24) is 10.2 Å². The van der Waals surface area contributed by atoms with Gasteiger partial charge in [0.05, 0.1) is 7.11 Å². The van der Waals surface area contributed by atoms with Crippen LogP contribution >= 0.6 is 0 Å². The minimum Gasteiger partial charge on any atom is -0.462 e. The van der Waals surface area contributed by atoms with Gasteiger partial charge in [0, 0.05) is 5.56 Å². The molecule has 19 heavy (non-hydrogen) atoms. The summed E-state index contributed by atoms with van der Waals surface area (Å²) in [6.07, 6.45) is 0. The summed E-state index contributed by atoms with van der Waals surface area (Å²) in [5.41, 5.74) is 0.462. The molecule has 0 aliphatic rings. The molecule has 0 bridgehead atoms. The first kappa shape index (κ1) is 12.9. The third-order valence-electron chi connectivity index (χ3n) is 2.11. The van der Waals surface area contributed by atoms with Crippen molar-refractivity contribution >= 4 is 5.97 Å². The number of carbonyl (C=O) groups excluding carboxylic acids is 1. The fourth-order valence-corrected chi connectivity index (χ4v) is 1.29. The number of carbonyl (C=O) groups is 1. The Morgan fingerprint density at radius 3 is 2.53 bits per heavy atom. The van der Waals surface area contributed by atoms with Crippen molar-refractivity contribution < 1.29 is 27.5 Å². The van der Waals surface area contributed by atoms with E-state index in [1.165, 1.54) is 31.4 Å². The number of methoxy groups -OCH3 is 1. The Morgan fingerprint density at radius 1 is 1.26 bits per heavy atom. The van der Waals surface area contributed by atoms with E-state index in [9.17, 15) is 13.6 Å². The number of rotatable bonds is 4. The van der Waals surface area contributed by atoms with Crippen LogP contribution in [0.1, 0.15) is 10.7 Å². The lowest BCUT2D eigenvalue weighted by Crippen LogP contribution is -2.01. The predicted octanol–water partition coefficient (Wildman–Crippen LogP) is 2.12. The molecule has 1 aromatic carbocycles. The Bertz CT molecular complexity index is 568. The topological polar surface area (TPSA) is 74.5 Å². The highest BCUT2D eigenvalue weighted by Crippen LogP contribution is 2.22. The van der Waals surface area contributed by atoms with Gasteiger partial charge in [0.2, 0.25) is 5.89 Å². The van der Waals surface area contributed by atoms with E-state index in [-0.39, 0.29) is 17.5 Å². The minimum absolute atomic E-state index is 0.00598. The second-order valence-corrected chi connectivity index (χ2v) is 3.31. The molecule has 0 spiro atoms. The van der Waals surface area contributed by atoms with Gasteiger partial charge in [-0.1, -0.05) is 0 Å². The Morgan fingerprint density at radius 2 is 1.95 bits per heavy atom. The third kappa shape index (κ3) is 3.03. The van der Waals surface area contributed by atoms with Crippen LogP contribution in [-0.2, 0) is 4.74 Å². The number of nitrogens with zero attached hydrogens (tertiary/aromatic N) is 2. The Balaban J connectivity index is 2.18. The number of benzene rings is 1. The Kier molecular flexibility index (Phi) is 3.69. The molecule has 100 valence electrons. The fraction of sp³-hybridized carbons (Fsp3) is 0.182. The summed E-state index contributed by atoms with van der Waals surface area (Å²) in [6, 6.07) is 5.55. The van der Waals surface area contributed by atoms with Crippen LogP contribution in [0.3, 0.4) is 0 Å². The smallest absolute Gasteiger partial charge is 0.396 e. The molecule has 0 saturated heterocycles. The molecule has 0 radical (unpaired) electrons. The molecular weight excluding hydrogens is 262 g/mol. The van der Waals surface area contributed by atoms with Gasteiger partial charge in [0.25, 0.3) is 0 Å². The molecule has 0 saturated carbocycles. The highest BCUT2D eigenvalue weighted by Gasteiger charge is 2.16. The fourth-order valence-electron chi connectivity index (χ4n) is 1.29. The van der Waals surface area contributed by atoms with Crippen LogP contribution in [0.25, 0.3) is 11.5 Å². The van der Waals surface area contributed by atoms with Crippen molar-refractivity contribution in [3.63, 3.8) is 0 Å². The molecule has 2 rings (SSSR count). The monoisotopic (exact) mass is 270 g/mol. The van der Waals surface area contributed by atoms with Crippen LogP contribution in [0.4, 0.5) is 8.78 Å². The quantitative estimate of drug-likeness (QED) is 0.792. The summed E-state index contributed by atoms with van der Waals surface area (Å²) in [6.45, 7) is -2.89. The molecule has 1 aromatic heterocycles. The molecule has 0 unspecified atom stereocenters. The maximum atomic E-state index is 12.0. The van der Waals surface area contributed by atoms with E-state index < -0.39 is 12.6 Å². The first-order chi connectivity index (χ1) is 9.10. The van der Waals surface area contributed by atoms with Gasteiger partial charge in [0.15, 0.2) is 0 Å². The maximum Gasteiger partial charge on any atom is 0.396 e. The van der Waals surface area contributed by atoms with E-state index in [4.69, 9.17) is 4.42 Å². The van der Waals surface area contributed by atoms with Crippen molar-refractivity contribution in [3.8, 4) is 17.2 Å². The van der Waals surface area contributed by atoms with Gasteiger partial charge in [-0.25, -0.2) is 4.79 Å². The van der Waals surface area contributed by atoms with Crippen LogP contribution in [0.5, 0.6) is 5.75 Å². The molecule has 8 heteroatoms. The second kappa shape index (κ2) is 5.42. The van der Waals surface area contributed by atoms with Crippen LogP contribution in [0, 0.1) is 0 Å². The molecule has 0 aliphatic carbocycles. The number of esters is 1. The highest BCUT2D eigenvalue weighted by molar-refractivity contribution is 5.84. The standard InChI is InChI=1S/C11H8F2N2O4/c1-17-10(16)9-15-14-8(19-9)6-2-4-7(5-3-6)18-11(12)13/h2-5,11H,1H3. The molecule has 0 amide bonds. The second-order valence-electron chi connectivity index (χ2n) is 3.31. The van der Waals surface area contributed by atoms with E-state index >= 15 is 0 Å². The lowest BCUT2D eigenvalue weighted by Gasteiger charge is -2.03. The first-order valence-electron chi connectivity index (χ1n) is 5.07. The summed E-state index contributed by atoms with van der Waals surface area (Å²) in [4.78, 5) is 11.1. The van der Waals surface area contributed by atoms with Gasteiger partial charge in [-0.3, -0.25) is 0 Å². The lowest BCUT2D eigenvalue weighted by atomic mass is 10.2. The van der Waals surface area contributed by atoms with Crippen molar-refractivity contribution in [2.24, 2.45) is 0 Å². The molecular formula is C11H8F2N2O4. The number of halogens is 2. The van der Waals surface area contributed by atoms with Crippen molar-refractivity contribution in [1.29, 1.82) is 0 Å². The van der Waals surface area contributed by atoms with Gasteiger partial charge in [0.1, 0.15) is 5.75 Å². The predicted molar refractivity (Wildman–Crippen MR) is 57.7 cm³/mol. The molecule has 6 nitrogen and oxygen atoms in total. The average molecular weight is 270 g/mol. The van der Waals surface area contributed by atoms with Crippen molar-refractivity contribution in [3.05, 3.63) is 30.2 Å². The lowest BCUT2D eigenvalue weighted by molar-refractivity contribution is -0.0498. The molecule has 0 aliphatic heterocycles. The Hall–Kier alpha value is -2.51. The maximum absolute atomic E-state index is 12.0. The number of aromatic nitrogens is 2. The van der Waals surface area contributed by atoms with Gasteiger partial charge >= 0.3 is 18.5 Å². The molecule has 2 aromatic rings. The normalized spacial score (nSPS) is 10.5. The van der Waals surface area contributed by atoms with E-state index in [1.54, 1.807) is 0 Å². The van der Waals surface area contributed by atoms with E-state index in [2.05, 4.69) is 19.7 Å². The first-order valence-corrected chi connectivity index (χ1v) is 5.07. The van der Waals surface area contributed by atoms with Crippen molar-refractivity contribution in [2.45, 2.75) is 6.61 Å². The summed E-state index contributed by atoms with van der Waals surface area (Å²) in [5.74, 6) is -0.961. The van der Waals surface area contributed by atoms with Gasteiger partial charge in [-0.15, -0.1) is 10.2 Å². The van der Waals surface area contributed by atoms with E-state index in [1.807, 2.05) is 0 Å². The van der Waals surface area contributed by atoms with Gasteiger partial charge < -0.3 is 13.9 Å². The SMILES string of the molecule is COC(=O)c1nnc(-c2ccc(OC(F)F)cc2)o1. The van der Waals surface area contributed by atoms with Gasteiger partial charge in [-0.05, 0) is 24.3 Å². The van der Waals surface area contributed by atoms with Crippen LogP contribution in [0.15, 0.2) is 28.7 Å².